The molecule has 0 saturated carbocycles. The Kier molecular flexibility index (Phi) is 3.37. The number of hydrogen-bond donors (Lipinski definition) is 1. The number of carbonyl (C=O) groups is 1. The van der Waals surface area contributed by atoms with Gasteiger partial charge in [0.1, 0.15) is 5.54 Å². The number of nitro groups is 1. The highest BCUT2D eigenvalue weighted by Crippen LogP contribution is 2.16. The summed E-state index contributed by atoms with van der Waals surface area (Å²) in [5, 5.41) is 13.1. The Hall–Kier alpha value is -1.21. The van der Waals surface area contributed by atoms with E-state index in [1.54, 1.807) is 0 Å². The molecule has 0 atom stereocenters. The summed E-state index contributed by atoms with van der Waals surface area (Å²) in [4.78, 5) is 20.7. The van der Waals surface area contributed by atoms with Crippen LogP contribution in [0.25, 0.3) is 0 Å². The van der Waals surface area contributed by atoms with Crippen LogP contribution in [-0.4, -0.2) is 49.8 Å². The molecule has 14 heavy (non-hydrogen) atoms. The Balaban J connectivity index is 2.37. The van der Waals surface area contributed by atoms with Gasteiger partial charge in [0.05, 0.1) is 26.9 Å². The van der Waals surface area contributed by atoms with Crippen molar-refractivity contribution >= 4 is 5.97 Å². The fourth-order valence-corrected chi connectivity index (χ4v) is 1.18. The summed E-state index contributed by atoms with van der Waals surface area (Å²) in [5.41, 5.74) is -0.697. The Morgan fingerprint density at radius 1 is 1.71 bits per heavy atom. The monoisotopic (exact) mass is 204 g/mol. The third-order valence-electron chi connectivity index (χ3n) is 2.02. The Morgan fingerprint density at radius 2 is 2.36 bits per heavy atom. The molecule has 0 unspecified atom stereocenters. The van der Waals surface area contributed by atoms with Gasteiger partial charge in [-0.1, -0.05) is 0 Å². The molecule has 1 aliphatic heterocycles. The van der Waals surface area contributed by atoms with Crippen LogP contribution in [0.1, 0.15) is 0 Å². The van der Waals surface area contributed by atoms with Gasteiger partial charge in [0.25, 0.3) is 0 Å². The minimum absolute atomic E-state index is 0.0340. The van der Waals surface area contributed by atoms with Gasteiger partial charge >= 0.3 is 5.97 Å². The zero-order valence-corrected chi connectivity index (χ0v) is 7.82. The minimum atomic E-state index is -0.697. The maximum atomic E-state index is 10.8. The molecule has 0 bridgehead atoms. The van der Waals surface area contributed by atoms with E-state index in [0.717, 1.165) is 0 Å². The van der Waals surface area contributed by atoms with Crippen molar-refractivity contribution in [1.82, 2.24) is 5.32 Å². The summed E-state index contributed by atoms with van der Waals surface area (Å²) in [6.45, 7) is 0.230. The van der Waals surface area contributed by atoms with Crippen LogP contribution in [0.2, 0.25) is 0 Å². The molecule has 1 aliphatic rings. The molecule has 0 radical (unpaired) electrons. The van der Waals surface area contributed by atoms with E-state index in [4.69, 9.17) is 4.74 Å². The van der Waals surface area contributed by atoms with Crippen molar-refractivity contribution in [1.29, 1.82) is 0 Å². The van der Waals surface area contributed by atoms with Crippen molar-refractivity contribution in [3.05, 3.63) is 10.1 Å². The van der Waals surface area contributed by atoms with Gasteiger partial charge < -0.3 is 9.47 Å². The Labute approximate surface area is 80.5 Å². The fraction of sp³-hybridized carbons (Fsp3) is 0.857. The van der Waals surface area contributed by atoms with Crippen molar-refractivity contribution < 1.29 is 19.2 Å². The minimum Gasteiger partial charge on any atom is -0.468 e. The predicted octanol–water partition coefficient (Wildman–Crippen LogP) is -1.21. The van der Waals surface area contributed by atoms with Crippen molar-refractivity contribution in [2.24, 2.45) is 0 Å². The van der Waals surface area contributed by atoms with Gasteiger partial charge in [-0.2, -0.15) is 0 Å². The van der Waals surface area contributed by atoms with Gasteiger partial charge in [-0.25, -0.2) is 0 Å². The summed E-state index contributed by atoms with van der Waals surface area (Å²) in [5.74, 6) is -0.445. The highest BCUT2D eigenvalue weighted by atomic mass is 16.6. The third kappa shape index (κ3) is 2.64. The smallest absolute Gasteiger partial charge is 0.319 e. The van der Waals surface area contributed by atoms with Crippen LogP contribution >= 0.6 is 0 Å². The fourth-order valence-electron chi connectivity index (χ4n) is 1.18. The topological polar surface area (TPSA) is 90.7 Å². The first-order valence-corrected chi connectivity index (χ1v) is 4.09. The molecule has 1 rings (SSSR count). The lowest BCUT2D eigenvalue weighted by Crippen LogP contribution is -2.65. The van der Waals surface area contributed by atoms with E-state index in [0.29, 0.717) is 0 Å². The first-order valence-electron chi connectivity index (χ1n) is 4.09. The van der Waals surface area contributed by atoms with Gasteiger partial charge in [-0.15, -0.1) is 0 Å². The number of ether oxygens (including phenoxy) is 2. The molecule has 0 amide bonds. The summed E-state index contributed by atoms with van der Waals surface area (Å²) < 4.78 is 9.29. The van der Waals surface area contributed by atoms with Gasteiger partial charge in [0.15, 0.2) is 0 Å². The van der Waals surface area contributed by atoms with Crippen molar-refractivity contribution in [2.45, 2.75) is 5.54 Å². The molecular formula is C7H12N2O5. The quantitative estimate of drug-likeness (QED) is 0.343. The predicted molar refractivity (Wildman–Crippen MR) is 45.4 cm³/mol. The molecule has 0 aromatic carbocycles. The summed E-state index contributed by atoms with van der Waals surface area (Å²) in [7, 11) is 1.27. The second-order valence-corrected chi connectivity index (χ2v) is 3.19. The highest BCUT2D eigenvalue weighted by Gasteiger charge is 2.43. The zero-order valence-electron chi connectivity index (χ0n) is 7.82. The SMILES string of the molecule is COC(=O)CNC1(C[N+](=O)[O-])COC1. The molecule has 0 aromatic rings. The second kappa shape index (κ2) is 4.34. The van der Waals surface area contributed by atoms with Crippen LogP contribution in [-0.2, 0) is 14.3 Å². The van der Waals surface area contributed by atoms with Crippen LogP contribution in [0.3, 0.4) is 0 Å². The Bertz CT molecular complexity index is 238. The van der Waals surface area contributed by atoms with E-state index >= 15 is 0 Å². The largest absolute Gasteiger partial charge is 0.468 e. The molecule has 1 heterocycles. The van der Waals surface area contributed by atoms with E-state index in [1.807, 2.05) is 0 Å². The van der Waals surface area contributed by atoms with Crippen LogP contribution in [0.5, 0.6) is 0 Å². The lowest BCUT2D eigenvalue weighted by atomic mass is 9.98. The van der Waals surface area contributed by atoms with Gasteiger partial charge in [0.2, 0.25) is 6.54 Å². The standard InChI is InChI=1S/C7H12N2O5/c1-13-6(10)2-8-7(3-9(11)12)4-14-5-7/h8H,2-5H2,1H3. The summed E-state index contributed by atoms with van der Waals surface area (Å²) in [6, 6.07) is 0. The van der Waals surface area contributed by atoms with Crippen LogP contribution in [0, 0.1) is 10.1 Å². The Morgan fingerprint density at radius 3 is 2.71 bits per heavy atom. The van der Waals surface area contributed by atoms with Crippen molar-refractivity contribution in [3.8, 4) is 0 Å². The average Bonchev–Trinajstić information content (AvgIpc) is 2.08. The van der Waals surface area contributed by atoms with E-state index in [1.165, 1.54) is 7.11 Å². The lowest BCUT2D eigenvalue weighted by Gasteiger charge is -2.38. The molecule has 0 spiro atoms. The van der Waals surface area contributed by atoms with Crippen LogP contribution in [0.15, 0.2) is 0 Å². The van der Waals surface area contributed by atoms with Crippen LogP contribution in [0.4, 0.5) is 0 Å². The molecule has 1 fully saturated rings. The number of rotatable bonds is 5. The number of nitrogens with zero attached hydrogens (tertiary/aromatic N) is 1. The first kappa shape index (κ1) is 10.9. The van der Waals surface area contributed by atoms with Crippen molar-refractivity contribution in [2.75, 3.05) is 33.4 Å². The first-order chi connectivity index (χ1) is 6.58. The van der Waals surface area contributed by atoms with E-state index < -0.39 is 16.4 Å². The van der Waals surface area contributed by atoms with Gasteiger partial charge in [-0.3, -0.25) is 20.2 Å². The van der Waals surface area contributed by atoms with Crippen LogP contribution < -0.4 is 5.32 Å². The highest BCUT2D eigenvalue weighted by molar-refractivity contribution is 5.71. The molecule has 7 heteroatoms. The molecule has 1 saturated heterocycles. The maximum Gasteiger partial charge on any atom is 0.319 e. The number of nitrogens with one attached hydrogen (secondary N) is 1. The second-order valence-electron chi connectivity index (χ2n) is 3.19. The summed E-state index contributed by atoms with van der Waals surface area (Å²) in [6.07, 6.45) is 0. The molecule has 0 aliphatic carbocycles. The third-order valence-corrected chi connectivity index (χ3v) is 2.02. The normalized spacial score (nSPS) is 18.4. The number of methoxy groups -OCH3 is 1. The van der Waals surface area contributed by atoms with E-state index in [2.05, 4.69) is 10.1 Å². The average molecular weight is 204 g/mol. The number of carbonyl (C=O) groups excluding carboxylic acids is 1. The van der Waals surface area contributed by atoms with Gasteiger partial charge in [0, 0.05) is 4.92 Å². The van der Waals surface area contributed by atoms with Crippen molar-refractivity contribution in [3.63, 3.8) is 0 Å². The maximum absolute atomic E-state index is 10.8. The zero-order chi connectivity index (χ0) is 10.6. The van der Waals surface area contributed by atoms with Gasteiger partial charge in [-0.05, 0) is 0 Å². The van der Waals surface area contributed by atoms with E-state index in [9.17, 15) is 14.9 Å². The molecular weight excluding hydrogens is 192 g/mol. The molecule has 7 nitrogen and oxygen atoms in total. The van der Waals surface area contributed by atoms with E-state index in [-0.39, 0.29) is 26.3 Å². The molecule has 1 N–H and O–H groups in total. The summed E-state index contributed by atoms with van der Waals surface area (Å²) >= 11 is 0. The number of esters is 1. The number of hydrogen-bond acceptors (Lipinski definition) is 6. The lowest BCUT2D eigenvalue weighted by molar-refractivity contribution is -0.498. The molecule has 0 aromatic heterocycles. The molecule has 80 valence electrons.